The molecule has 0 fully saturated rings. The van der Waals surface area contributed by atoms with Crippen molar-refractivity contribution in [2.75, 3.05) is 6.61 Å². The summed E-state index contributed by atoms with van der Waals surface area (Å²) < 4.78 is 18.3. The van der Waals surface area contributed by atoms with Crippen molar-refractivity contribution in [2.24, 2.45) is 4.99 Å². The predicted molar refractivity (Wildman–Crippen MR) is 141 cm³/mol. The summed E-state index contributed by atoms with van der Waals surface area (Å²) >= 11 is 5.66. The van der Waals surface area contributed by atoms with Gasteiger partial charge in [0.15, 0.2) is 17.2 Å². The Morgan fingerprint density at radius 2 is 1.82 bits per heavy atom. The average molecular weight is 632 g/mol. The Bertz CT molecular complexity index is 1310. The van der Waals surface area contributed by atoms with E-state index in [1.54, 1.807) is 30.3 Å². The smallest absolute Gasteiger partial charge is 0.363 e. The molecular formula is C26H19BrINO5. The third-order valence-electron chi connectivity index (χ3n) is 4.83. The maximum Gasteiger partial charge on any atom is 0.363 e. The summed E-state index contributed by atoms with van der Waals surface area (Å²) in [6.45, 7) is 4.13. The zero-order valence-corrected chi connectivity index (χ0v) is 22.0. The van der Waals surface area contributed by atoms with E-state index >= 15 is 0 Å². The van der Waals surface area contributed by atoms with E-state index in [4.69, 9.17) is 14.2 Å². The monoisotopic (exact) mass is 631 g/mol. The molecule has 1 aliphatic heterocycles. The van der Waals surface area contributed by atoms with E-state index in [9.17, 15) is 9.59 Å². The van der Waals surface area contributed by atoms with Crippen LogP contribution in [-0.4, -0.2) is 24.4 Å². The van der Waals surface area contributed by atoms with Gasteiger partial charge >= 0.3 is 11.9 Å². The number of hydrogen-bond acceptors (Lipinski definition) is 6. The SMILES string of the molecule is CCOc1cc(/C=C2\N=C(c3ccc(I)cc3)OC2=O)cc(Br)c1OC(=O)c1ccc(C)cc1. The molecule has 0 saturated heterocycles. The van der Waals surface area contributed by atoms with Crippen LogP contribution < -0.4 is 9.47 Å². The third-order valence-corrected chi connectivity index (χ3v) is 6.14. The number of hydrogen-bond donors (Lipinski definition) is 0. The van der Waals surface area contributed by atoms with E-state index in [2.05, 4.69) is 43.5 Å². The van der Waals surface area contributed by atoms with Gasteiger partial charge in [0.1, 0.15) is 0 Å². The minimum atomic E-state index is -0.544. The lowest BCUT2D eigenvalue weighted by atomic mass is 10.1. The largest absolute Gasteiger partial charge is 0.490 e. The highest BCUT2D eigenvalue weighted by Crippen LogP contribution is 2.38. The first kappa shape index (κ1) is 24.2. The van der Waals surface area contributed by atoms with E-state index in [0.29, 0.717) is 33.5 Å². The van der Waals surface area contributed by atoms with Crippen LogP contribution in [0.3, 0.4) is 0 Å². The van der Waals surface area contributed by atoms with Gasteiger partial charge in [0.2, 0.25) is 5.90 Å². The number of aryl methyl sites for hydroxylation is 1. The van der Waals surface area contributed by atoms with E-state index in [-0.39, 0.29) is 17.3 Å². The molecule has 0 amide bonds. The summed E-state index contributed by atoms with van der Waals surface area (Å²) in [6, 6.07) is 18.0. The molecule has 0 radical (unpaired) electrons. The van der Waals surface area contributed by atoms with Gasteiger partial charge in [0, 0.05) is 9.13 Å². The topological polar surface area (TPSA) is 74.2 Å². The summed E-state index contributed by atoms with van der Waals surface area (Å²) in [4.78, 5) is 29.4. The molecule has 0 spiro atoms. The molecule has 0 bridgehead atoms. The summed E-state index contributed by atoms with van der Waals surface area (Å²) in [6.07, 6.45) is 1.60. The fourth-order valence-electron chi connectivity index (χ4n) is 3.16. The minimum absolute atomic E-state index is 0.160. The Hall–Kier alpha value is -2.98. The summed E-state index contributed by atoms with van der Waals surface area (Å²) in [7, 11) is 0. The summed E-state index contributed by atoms with van der Waals surface area (Å²) in [5.74, 6) is -0.180. The van der Waals surface area contributed by atoms with Crippen LogP contribution in [-0.2, 0) is 9.53 Å². The van der Waals surface area contributed by atoms with Crippen LogP contribution in [0.4, 0.5) is 0 Å². The zero-order valence-electron chi connectivity index (χ0n) is 18.3. The molecule has 172 valence electrons. The highest BCUT2D eigenvalue weighted by molar-refractivity contribution is 14.1. The fourth-order valence-corrected chi connectivity index (χ4v) is 4.06. The van der Waals surface area contributed by atoms with Gasteiger partial charge in [-0.3, -0.25) is 0 Å². The van der Waals surface area contributed by atoms with E-state index in [1.165, 1.54) is 0 Å². The number of cyclic esters (lactones) is 1. The second-order valence-electron chi connectivity index (χ2n) is 7.36. The first-order valence-electron chi connectivity index (χ1n) is 10.4. The zero-order chi connectivity index (χ0) is 24.2. The molecule has 1 heterocycles. The maximum absolute atomic E-state index is 12.6. The minimum Gasteiger partial charge on any atom is -0.490 e. The van der Waals surface area contributed by atoms with Crippen LogP contribution in [0.5, 0.6) is 11.5 Å². The number of carbonyl (C=O) groups excluding carboxylic acids is 2. The van der Waals surface area contributed by atoms with Gasteiger partial charge in [-0.1, -0.05) is 17.7 Å². The first-order chi connectivity index (χ1) is 16.3. The molecule has 0 aromatic heterocycles. The van der Waals surface area contributed by atoms with Crippen molar-refractivity contribution in [3.05, 3.63) is 96.7 Å². The van der Waals surface area contributed by atoms with E-state index in [1.807, 2.05) is 50.2 Å². The molecule has 0 unspecified atom stereocenters. The van der Waals surface area contributed by atoms with Crippen molar-refractivity contribution in [3.8, 4) is 11.5 Å². The van der Waals surface area contributed by atoms with E-state index in [0.717, 1.165) is 9.13 Å². The van der Waals surface area contributed by atoms with Crippen molar-refractivity contribution >= 4 is 62.4 Å². The van der Waals surface area contributed by atoms with Gasteiger partial charge in [-0.2, -0.15) is 0 Å². The van der Waals surface area contributed by atoms with Crippen molar-refractivity contribution in [2.45, 2.75) is 13.8 Å². The molecular weight excluding hydrogens is 613 g/mol. The number of benzene rings is 3. The van der Waals surface area contributed by atoms with Gasteiger partial charge in [0.05, 0.1) is 16.6 Å². The van der Waals surface area contributed by atoms with Gasteiger partial charge in [0.25, 0.3) is 0 Å². The quantitative estimate of drug-likeness (QED) is 0.138. The standard InChI is InChI=1S/C26H19BrINO5/c1-3-32-22-14-16(12-20(27)23(22)33-25(30)18-6-4-15(2)5-7-18)13-21-26(31)34-24(29-21)17-8-10-19(28)11-9-17/h4-14H,3H2,1-2H3/b21-13-. The predicted octanol–water partition coefficient (Wildman–Crippen LogP) is 6.32. The molecule has 3 aromatic rings. The summed E-state index contributed by atoms with van der Waals surface area (Å²) in [5, 5.41) is 0. The number of nitrogens with zero attached hydrogens (tertiary/aromatic N) is 1. The van der Waals surface area contributed by atoms with Gasteiger partial charge in [-0.05, 0) is 113 Å². The molecule has 0 atom stereocenters. The van der Waals surface area contributed by atoms with Crippen molar-refractivity contribution in [3.63, 3.8) is 0 Å². The van der Waals surface area contributed by atoms with Gasteiger partial charge in [-0.15, -0.1) is 0 Å². The van der Waals surface area contributed by atoms with Crippen LogP contribution in [0, 0.1) is 10.5 Å². The van der Waals surface area contributed by atoms with Crippen molar-refractivity contribution < 1.29 is 23.8 Å². The molecule has 34 heavy (non-hydrogen) atoms. The number of carbonyl (C=O) groups is 2. The maximum atomic E-state index is 12.6. The Labute approximate surface area is 218 Å². The molecule has 3 aromatic carbocycles. The van der Waals surface area contributed by atoms with Crippen molar-refractivity contribution in [1.82, 2.24) is 0 Å². The molecule has 6 nitrogen and oxygen atoms in total. The first-order valence-corrected chi connectivity index (χ1v) is 12.2. The Morgan fingerprint density at radius 3 is 2.50 bits per heavy atom. The summed E-state index contributed by atoms with van der Waals surface area (Å²) in [5.41, 5.74) is 2.98. The Balaban J connectivity index is 1.63. The van der Waals surface area contributed by atoms with Crippen LogP contribution in [0.1, 0.15) is 34.0 Å². The number of esters is 2. The van der Waals surface area contributed by atoms with Gasteiger partial charge in [-0.25, -0.2) is 14.6 Å². The number of rotatable bonds is 6. The van der Waals surface area contributed by atoms with Crippen molar-refractivity contribution in [1.29, 1.82) is 0 Å². The van der Waals surface area contributed by atoms with Crippen LogP contribution in [0.15, 0.2) is 75.8 Å². The number of ether oxygens (including phenoxy) is 3. The third kappa shape index (κ3) is 5.56. The second kappa shape index (κ2) is 10.5. The molecule has 1 aliphatic rings. The molecule has 0 aliphatic carbocycles. The van der Waals surface area contributed by atoms with Gasteiger partial charge < -0.3 is 14.2 Å². The number of halogens is 2. The van der Waals surface area contributed by atoms with Crippen LogP contribution in [0.25, 0.3) is 6.08 Å². The lowest BCUT2D eigenvalue weighted by Crippen LogP contribution is -2.10. The highest BCUT2D eigenvalue weighted by atomic mass is 127. The Morgan fingerprint density at radius 1 is 1.12 bits per heavy atom. The molecule has 8 heteroatoms. The second-order valence-corrected chi connectivity index (χ2v) is 9.46. The molecule has 4 rings (SSSR count). The number of aliphatic imine (C=N–C) groups is 1. The lowest BCUT2D eigenvalue weighted by Gasteiger charge is -2.13. The fraction of sp³-hybridized carbons (Fsp3) is 0.115. The normalized spacial score (nSPS) is 14.1. The van der Waals surface area contributed by atoms with Crippen LogP contribution >= 0.6 is 38.5 Å². The molecule has 0 saturated carbocycles. The lowest BCUT2D eigenvalue weighted by molar-refractivity contribution is -0.129. The highest BCUT2D eigenvalue weighted by Gasteiger charge is 2.25. The average Bonchev–Trinajstić information content (AvgIpc) is 3.17. The Kier molecular flexibility index (Phi) is 7.47. The molecule has 0 N–H and O–H groups in total. The van der Waals surface area contributed by atoms with E-state index < -0.39 is 11.9 Å². The van der Waals surface area contributed by atoms with Crippen LogP contribution in [0.2, 0.25) is 0 Å².